The van der Waals surface area contributed by atoms with Crippen LogP contribution in [0, 0.1) is 5.92 Å². The summed E-state index contributed by atoms with van der Waals surface area (Å²) in [7, 11) is 0. The van der Waals surface area contributed by atoms with Crippen molar-refractivity contribution in [3.05, 3.63) is 6.33 Å². The lowest BCUT2D eigenvalue weighted by Crippen LogP contribution is -2.32. The maximum absolute atomic E-state index is 11.3. The molecular formula is C23H39N5O4. The Hall–Kier alpha value is -1.97. The van der Waals surface area contributed by atoms with Crippen molar-refractivity contribution in [2.24, 2.45) is 5.92 Å². The number of nitrogens with zero attached hydrogens (tertiary/aromatic N) is 4. The van der Waals surface area contributed by atoms with E-state index in [9.17, 15) is 5.11 Å². The van der Waals surface area contributed by atoms with Gasteiger partial charge in [-0.2, -0.15) is 9.97 Å². The summed E-state index contributed by atoms with van der Waals surface area (Å²) >= 11 is 0. The Balaban J connectivity index is 1.82. The quantitative estimate of drug-likeness (QED) is 0.421. The third-order valence-corrected chi connectivity index (χ3v) is 6.07. The zero-order valence-electron chi connectivity index (χ0n) is 19.7. The summed E-state index contributed by atoms with van der Waals surface area (Å²) in [5.41, 5.74) is 7.11. The monoisotopic (exact) mass is 449 g/mol. The first-order valence-electron chi connectivity index (χ1n) is 12.1. The average Bonchev–Trinajstić information content (AvgIpc) is 3.32. The van der Waals surface area contributed by atoms with Crippen LogP contribution in [0.15, 0.2) is 6.33 Å². The minimum absolute atomic E-state index is 0.0833. The lowest BCUT2D eigenvalue weighted by molar-refractivity contribution is -0.0392. The normalized spacial score (nSPS) is 23.2. The number of ether oxygens (including phenoxy) is 3. The van der Waals surface area contributed by atoms with E-state index in [0.717, 1.165) is 38.5 Å². The number of unbranched alkanes of at least 4 members (excludes halogenated alkanes) is 3. The Morgan fingerprint density at radius 1 is 1.06 bits per heavy atom. The molecule has 32 heavy (non-hydrogen) atoms. The van der Waals surface area contributed by atoms with Crippen LogP contribution >= 0.6 is 0 Å². The molecule has 3 rings (SSSR count). The molecule has 2 heterocycles. The molecule has 0 spiro atoms. The number of nitrogen functional groups attached to an aromatic ring is 1. The first-order chi connectivity index (χ1) is 15.6. The molecule has 1 saturated carbocycles. The van der Waals surface area contributed by atoms with E-state index in [-0.39, 0.29) is 24.0 Å². The van der Waals surface area contributed by atoms with Crippen LogP contribution in [0.25, 0.3) is 11.2 Å². The van der Waals surface area contributed by atoms with Crippen LogP contribution in [0.5, 0.6) is 5.88 Å². The number of aliphatic hydroxyl groups excluding tert-OH is 1. The topological polar surface area (TPSA) is 118 Å². The maximum Gasteiger partial charge on any atom is 0.247 e. The van der Waals surface area contributed by atoms with E-state index in [1.807, 2.05) is 4.57 Å². The average molecular weight is 450 g/mol. The first-order valence-corrected chi connectivity index (χ1v) is 12.1. The number of fused-ring (bicyclic) bond motifs is 1. The van der Waals surface area contributed by atoms with Crippen molar-refractivity contribution in [3.63, 3.8) is 0 Å². The molecule has 2 aromatic heterocycles. The number of hydrogen-bond donors (Lipinski definition) is 2. The summed E-state index contributed by atoms with van der Waals surface area (Å²) in [5.74, 6) is 0.418. The van der Waals surface area contributed by atoms with Gasteiger partial charge in [0.15, 0.2) is 11.2 Å². The van der Waals surface area contributed by atoms with Crippen LogP contribution in [-0.2, 0) is 9.47 Å². The van der Waals surface area contributed by atoms with Crippen molar-refractivity contribution in [3.8, 4) is 5.88 Å². The fourth-order valence-electron chi connectivity index (χ4n) is 4.14. The zero-order chi connectivity index (χ0) is 22.9. The van der Waals surface area contributed by atoms with Crippen LogP contribution in [0.1, 0.15) is 71.8 Å². The van der Waals surface area contributed by atoms with E-state index in [4.69, 9.17) is 19.9 Å². The van der Waals surface area contributed by atoms with Gasteiger partial charge >= 0.3 is 0 Å². The van der Waals surface area contributed by atoms with Gasteiger partial charge < -0.3 is 29.6 Å². The smallest absolute Gasteiger partial charge is 0.247 e. The lowest BCUT2D eigenvalue weighted by atomic mass is 10.0. The molecule has 1 aliphatic carbocycles. The summed E-state index contributed by atoms with van der Waals surface area (Å²) in [6.45, 7) is 8.78. The molecule has 1 aliphatic rings. The predicted octanol–water partition coefficient (Wildman–Crippen LogP) is 3.51. The molecule has 0 aromatic carbocycles. The molecule has 0 aliphatic heterocycles. The molecule has 180 valence electrons. The lowest BCUT2D eigenvalue weighted by Gasteiger charge is -2.23. The van der Waals surface area contributed by atoms with Gasteiger partial charge in [0.25, 0.3) is 0 Å². The molecule has 4 atom stereocenters. The molecule has 1 fully saturated rings. The van der Waals surface area contributed by atoms with Crippen molar-refractivity contribution in [1.29, 1.82) is 0 Å². The molecule has 9 heteroatoms. The van der Waals surface area contributed by atoms with Gasteiger partial charge in [0, 0.05) is 19.1 Å². The first kappa shape index (κ1) is 24.7. The molecule has 0 unspecified atom stereocenters. The van der Waals surface area contributed by atoms with Crippen LogP contribution in [0.2, 0.25) is 0 Å². The summed E-state index contributed by atoms with van der Waals surface area (Å²) in [5, 5.41) is 11.3. The van der Waals surface area contributed by atoms with Gasteiger partial charge in [-0.05, 0) is 25.7 Å². The number of aromatic nitrogens is 4. The highest BCUT2D eigenvalue weighted by atomic mass is 16.5. The van der Waals surface area contributed by atoms with Crippen molar-refractivity contribution in [1.82, 2.24) is 19.5 Å². The largest absolute Gasteiger partial charge is 0.476 e. The number of nitrogens with two attached hydrogens (primary N) is 1. The Bertz CT molecular complexity index is 830. The highest BCUT2D eigenvalue weighted by Crippen LogP contribution is 2.39. The van der Waals surface area contributed by atoms with Crippen LogP contribution in [0.4, 0.5) is 5.95 Å². The van der Waals surface area contributed by atoms with Gasteiger partial charge in [0.05, 0.1) is 37.8 Å². The van der Waals surface area contributed by atoms with E-state index in [1.165, 1.54) is 0 Å². The predicted molar refractivity (Wildman–Crippen MR) is 124 cm³/mol. The molecule has 0 bridgehead atoms. The van der Waals surface area contributed by atoms with Crippen molar-refractivity contribution in [2.75, 3.05) is 32.2 Å². The fraction of sp³-hybridized carbons (Fsp3) is 0.783. The zero-order valence-corrected chi connectivity index (χ0v) is 19.7. The molecular weight excluding hydrogens is 410 g/mol. The van der Waals surface area contributed by atoms with Crippen LogP contribution in [-0.4, -0.2) is 63.3 Å². The van der Waals surface area contributed by atoms with E-state index in [2.05, 4.69) is 35.7 Å². The van der Waals surface area contributed by atoms with E-state index in [0.29, 0.717) is 49.9 Å². The fourth-order valence-corrected chi connectivity index (χ4v) is 4.14. The van der Waals surface area contributed by atoms with Gasteiger partial charge in [0.2, 0.25) is 11.8 Å². The van der Waals surface area contributed by atoms with Gasteiger partial charge in [-0.3, -0.25) is 0 Å². The minimum Gasteiger partial charge on any atom is -0.476 e. The summed E-state index contributed by atoms with van der Waals surface area (Å²) in [6, 6.07) is -0.232. The summed E-state index contributed by atoms with van der Waals surface area (Å²) in [6.07, 6.45) is 7.74. The van der Waals surface area contributed by atoms with E-state index < -0.39 is 6.10 Å². The number of imidazole rings is 1. The second kappa shape index (κ2) is 12.3. The summed E-state index contributed by atoms with van der Waals surface area (Å²) < 4.78 is 19.8. The third-order valence-electron chi connectivity index (χ3n) is 6.07. The number of aliphatic hydroxyl groups is 1. The van der Waals surface area contributed by atoms with E-state index >= 15 is 0 Å². The Morgan fingerprint density at radius 3 is 2.53 bits per heavy atom. The molecule has 3 N–H and O–H groups in total. The molecule has 0 amide bonds. The summed E-state index contributed by atoms with van der Waals surface area (Å²) in [4.78, 5) is 13.2. The number of rotatable bonds is 14. The molecule has 0 radical (unpaired) electrons. The van der Waals surface area contributed by atoms with Crippen molar-refractivity contribution >= 4 is 17.1 Å². The molecule has 0 saturated heterocycles. The SMILES string of the molecule is CCCCOC[C@H]1[C@H](O)[C@@H](n2cnc3c(OCCCC)nc(N)nc32)C[C@@H]1OCCCC. The highest BCUT2D eigenvalue weighted by Gasteiger charge is 2.44. The van der Waals surface area contributed by atoms with Gasteiger partial charge in [-0.1, -0.05) is 40.0 Å². The second-order valence-electron chi connectivity index (χ2n) is 8.56. The maximum atomic E-state index is 11.3. The second-order valence-corrected chi connectivity index (χ2v) is 8.56. The minimum atomic E-state index is -0.638. The van der Waals surface area contributed by atoms with Crippen LogP contribution < -0.4 is 10.5 Å². The van der Waals surface area contributed by atoms with Gasteiger partial charge in [-0.15, -0.1) is 0 Å². The van der Waals surface area contributed by atoms with Crippen molar-refractivity contribution in [2.45, 2.75) is 84.0 Å². The Labute approximate surface area is 190 Å². The molecule has 9 nitrogen and oxygen atoms in total. The van der Waals surface area contributed by atoms with Crippen LogP contribution in [0.3, 0.4) is 0 Å². The highest BCUT2D eigenvalue weighted by molar-refractivity contribution is 5.77. The number of anilines is 1. The number of hydrogen-bond acceptors (Lipinski definition) is 8. The Kier molecular flexibility index (Phi) is 9.50. The van der Waals surface area contributed by atoms with Crippen molar-refractivity contribution < 1.29 is 19.3 Å². The van der Waals surface area contributed by atoms with E-state index in [1.54, 1.807) is 6.33 Å². The van der Waals surface area contributed by atoms with Gasteiger partial charge in [0.1, 0.15) is 0 Å². The van der Waals surface area contributed by atoms with Gasteiger partial charge in [-0.25, -0.2) is 4.98 Å². The third kappa shape index (κ3) is 5.88. The standard InChI is InChI=1S/C23H39N5O4/c1-4-7-10-30-14-16-18(31-11-8-5-2)13-17(20(16)29)28-15-25-19-21(28)26-23(24)27-22(19)32-12-9-6-3/h15-18,20,29H,4-14H2,1-3H3,(H2,24,26,27)/t16-,17+,18+,20+/m1/s1. The molecule has 2 aromatic rings. The Morgan fingerprint density at radius 2 is 1.78 bits per heavy atom.